The highest BCUT2D eigenvalue weighted by Crippen LogP contribution is 2.28. The number of aryl methyl sites for hydroxylation is 2. The van der Waals surface area contributed by atoms with Crippen LogP contribution in [-0.4, -0.2) is 18.3 Å². The molecule has 2 heteroatoms. The summed E-state index contributed by atoms with van der Waals surface area (Å²) in [5.41, 5.74) is 3.19. The summed E-state index contributed by atoms with van der Waals surface area (Å²) in [5, 5.41) is 3.56. The molecule has 0 radical (unpaired) electrons. The van der Waals surface area contributed by atoms with Crippen molar-refractivity contribution in [1.82, 2.24) is 5.32 Å². The summed E-state index contributed by atoms with van der Waals surface area (Å²) in [6.45, 7) is 1.22. The van der Waals surface area contributed by atoms with E-state index in [0.29, 0.717) is 0 Å². The predicted molar refractivity (Wildman–Crippen MR) is 70.2 cm³/mol. The maximum Gasteiger partial charge on any atom is 0.0162 e. The second-order valence-corrected chi connectivity index (χ2v) is 5.98. The van der Waals surface area contributed by atoms with E-state index in [1.54, 1.807) is 11.1 Å². The minimum Gasteiger partial charge on any atom is -0.313 e. The third kappa shape index (κ3) is 2.28. The molecule has 2 aliphatic rings. The smallest absolute Gasteiger partial charge is 0.0162 e. The predicted octanol–water partition coefficient (Wildman–Crippen LogP) is 3.02. The van der Waals surface area contributed by atoms with Crippen molar-refractivity contribution in [3.63, 3.8) is 0 Å². The molecule has 0 amide bonds. The van der Waals surface area contributed by atoms with Crippen LogP contribution in [0.1, 0.15) is 30.4 Å². The van der Waals surface area contributed by atoms with E-state index in [2.05, 4.69) is 23.5 Å². The first-order chi connectivity index (χ1) is 7.92. The lowest BCUT2D eigenvalue weighted by Gasteiger charge is -2.10. The molecular formula is C14H19NS. The molecule has 86 valence electrons. The van der Waals surface area contributed by atoms with Crippen LogP contribution in [0.2, 0.25) is 0 Å². The molecule has 0 spiro atoms. The van der Waals surface area contributed by atoms with Crippen molar-refractivity contribution in [3.05, 3.63) is 29.3 Å². The molecule has 1 fully saturated rings. The Morgan fingerprint density at radius 2 is 2.12 bits per heavy atom. The Labute approximate surface area is 102 Å². The first-order valence-corrected chi connectivity index (χ1v) is 7.38. The van der Waals surface area contributed by atoms with Gasteiger partial charge >= 0.3 is 0 Å². The molecule has 1 aromatic rings. The molecule has 16 heavy (non-hydrogen) atoms. The van der Waals surface area contributed by atoms with Crippen LogP contribution in [0, 0.1) is 0 Å². The summed E-state index contributed by atoms with van der Waals surface area (Å²) in [6.07, 6.45) is 6.66. The number of fused-ring (bicyclic) bond motifs is 1. The number of rotatable bonds is 3. The fraction of sp³-hybridized carbons (Fsp3) is 0.571. The topological polar surface area (TPSA) is 12.0 Å². The number of benzene rings is 1. The summed E-state index contributed by atoms with van der Waals surface area (Å²) in [6, 6.07) is 7.82. The van der Waals surface area contributed by atoms with E-state index in [0.717, 1.165) is 6.04 Å². The molecular weight excluding hydrogens is 214 g/mol. The van der Waals surface area contributed by atoms with Crippen LogP contribution in [0.5, 0.6) is 0 Å². The average molecular weight is 233 g/mol. The van der Waals surface area contributed by atoms with Gasteiger partial charge in [-0.25, -0.2) is 0 Å². The molecule has 0 aromatic heterocycles. The van der Waals surface area contributed by atoms with Crippen molar-refractivity contribution >= 4 is 11.8 Å². The Bertz CT molecular complexity index is 369. The largest absolute Gasteiger partial charge is 0.313 e. The third-order valence-electron chi connectivity index (χ3n) is 3.68. The van der Waals surface area contributed by atoms with Crippen molar-refractivity contribution in [2.45, 2.75) is 43.0 Å². The lowest BCUT2D eigenvalue weighted by atomic mass is 10.1. The highest BCUT2D eigenvalue weighted by atomic mass is 32.2. The van der Waals surface area contributed by atoms with Gasteiger partial charge in [0.05, 0.1) is 0 Å². The zero-order valence-corrected chi connectivity index (χ0v) is 10.5. The first kappa shape index (κ1) is 10.7. The van der Waals surface area contributed by atoms with Gasteiger partial charge < -0.3 is 5.32 Å². The molecule has 1 heterocycles. The van der Waals surface area contributed by atoms with E-state index in [1.165, 1.54) is 49.3 Å². The zero-order chi connectivity index (χ0) is 10.8. The monoisotopic (exact) mass is 233 g/mol. The van der Waals surface area contributed by atoms with Crippen LogP contribution in [0.4, 0.5) is 0 Å². The summed E-state index contributed by atoms with van der Waals surface area (Å²) in [7, 11) is 0. The van der Waals surface area contributed by atoms with E-state index in [1.807, 2.05) is 11.8 Å². The summed E-state index contributed by atoms with van der Waals surface area (Å²) in [5.74, 6) is 1.23. The zero-order valence-electron chi connectivity index (χ0n) is 9.67. The maximum atomic E-state index is 3.56. The molecule has 1 atom stereocenters. The quantitative estimate of drug-likeness (QED) is 0.805. The van der Waals surface area contributed by atoms with Crippen molar-refractivity contribution in [2.24, 2.45) is 0 Å². The number of nitrogens with one attached hydrogen (secondary N) is 1. The maximum absolute atomic E-state index is 3.56. The van der Waals surface area contributed by atoms with Crippen LogP contribution >= 0.6 is 11.8 Å². The van der Waals surface area contributed by atoms with Crippen LogP contribution < -0.4 is 5.32 Å². The van der Waals surface area contributed by atoms with Gasteiger partial charge in [0.15, 0.2) is 0 Å². The lowest BCUT2D eigenvalue weighted by molar-refractivity contribution is 0.674. The minimum atomic E-state index is 0.748. The van der Waals surface area contributed by atoms with Gasteiger partial charge in [0.1, 0.15) is 0 Å². The fourth-order valence-corrected chi connectivity index (χ4v) is 3.80. The van der Waals surface area contributed by atoms with Gasteiger partial charge in [0.2, 0.25) is 0 Å². The van der Waals surface area contributed by atoms with E-state index < -0.39 is 0 Å². The lowest BCUT2D eigenvalue weighted by Crippen LogP contribution is -2.23. The minimum absolute atomic E-state index is 0.748. The van der Waals surface area contributed by atoms with Gasteiger partial charge in [-0.3, -0.25) is 0 Å². The van der Waals surface area contributed by atoms with Crippen molar-refractivity contribution in [1.29, 1.82) is 0 Å². The summed E-state index contributed by atoms with van der Waals surface area (Å²) in [4.78, 5) is 1.47. The highest BCUT2D eigenvalue weighted by molar-refractivity contribution is 7.99. The molecule has 1 aliphatic carbocycles. The third-order valence-corrected chi connectivity index (χ3v) is 4.84. The van der Waals surface area contributed by atoms with Crippen molar-refractivity contribution < 1.29 is 0 Å². The van der Waals surface area contributed by atoms with E-state index in [4.69, 9.17) is 0 Å². The van der Waals surface area contributed by atoms with Gasteiger partial charge in [-0.1, -0.05) is 6.07 Å². The molecule has 1 nitrogen and oxygen atoms in total. The Morgan fingerprint density at radius 1 is 1.19 bits per heavy atom. The van der Waals surface area contributed by atoms with Gasteiger partial charge in [0.25, 0.3) is 0 Å². The second-order valence-electron chi connectivity index (χ2n) is 4.89. The molecule has 1 aliphatic heterocycles. The molecule has 0 bridgehead atoms. The average Bonchev–Trinajstić information content (AvgIpc) is 2.97. The normalized spacial score (nSPS) is 23.6. The van der Waals surface area contributed by atoms with E-state index >= 15 is 0 Å². The van der Waals surface area contributed by atoms with Crippen LogP contribution in [-0.2, 0) is 12.8 Å². The Morgan fingerprint density at radius 3 is 3.00 bits per heavy atom. The standard InChI is InChI=1S/C14H19NS/c1-3-11-6-7-14(9-12(11)4-1)16-10-13-5-2-8-15-13/h6-7,9,13,15H,1-5,8,10H2/t13-/m0/s1. The Kier molecular flexibility index (Phi) is 3.20. The summed E-state index contributed by atoms with van der Waals surface area (Å²) >= 11 is 2.02. The molecule has 1 saturated heterocycles. The van der Waals surface area contributed by atoms with Gasteiger partial charge in [-0.2, -0.15) is 0 Å². The first-order valence-electron chi connectivity index (χ1n) is 6.40. The Balaban J connectivity index is 1.61. The van der Waals surface area contributed by atoms with Gasteiger partial charge in [-0.05, 0) is 61.9 Å². The van der Waals surface area contributed by atoms with Crippen molar-refractivity contribution in [2.75, 3.05) is 12.3 Å². The Hall–Kier alpha value is -0.470. The number of hydrogen-bond donors (Lipinski definition) is 1. The van der Waals surface area contributed by atoms with Crippen LogP contribution in [0.3, 0.4) is 0 Å². The number of hydrogen-bond acceptors (Lipinski definition) is 2. The van der Waals surface area contributed by atoms with Gasteiger partial charge in [-0.15, -0.1) is 11.8 Å². The van der Waals surface area contributed by atoms with Crippen LogP contribution in [0.25, 0.3) is 0 Å². The molecule has 0 saturated carbocycles. The van der Waals surface area contributed by atoms with Crippen molar-refractivity contribution in [3.8, 4) is 0 Å². The van der Waals surface area contributed by atoms with Crippen LogP contribution in [0.15, 0.2) is 23.1 Å². The van der Waals surface area contributed by atoms with E-state index in [9.17, 15) is 0 Å². The SMILES string of the molecule is c1cc2c(cc1SC[C@@H]1CCCN1)CCC2. The second kappa shape index (κ2) is 4.80. The van der Waals surface area contributed by atoms with Gasteiger partial charge in [0, 0.05) is 16.7 Å². The highest BCUT2D eigenvalue weighted by Gasteiger charge is 2.15. The molecule has 1 N–H and O–H groups in total. The molecule has 3 rings (SSSR count). The fourth-order valence-electron chi connectivity index (χ4n) is 2.73. The molecule has 0 unspecified atom stereocenters. The summed E-state index contributed by atoms with van der Waals surface area (Å²) < 4.78 is 0. The molecule has 1 aromatic carbocycles. The van der Waals surface area contributed by atoms with E-state index in [-0.39, 0.29) is 0 Å². The number of thioether (sulfide) groups is 1.